The van der Waals surface area contributed by atoms with Gasteiger partial charge in [-0.3, -0.25) is 0 Å². The number of pyridine rings is 1. The van der Waals surface area contributed by atoms with E-state index in [1.165, 1.54) is 5.56 Å². The summed E-state index contributed by atoms with van der Waals surface area (Å²) >= 11 is 0. The number of amides is 2. The number of anilines is 1. The number of hydrogen-bond donors (Lipinski definition) is 3. The van der Waals surface area contributed by atoms with Crippen molar-refractivity contribution < 1.29 is 4.79 Å². The van der Waals surface area contributed by atoms with Crippen molar-refractivity contribution in [2.75, 3.05) is 12.3 Å². The van der Waals surface area contributed by atoms with E-state index in [0.717, 1.165) is 72.8 Å². The Hall–Kier alpha value is -3.61. The number of aromatic nitrogens is 3. The number of nitrogens with two attached hydrogens (primary N) is 1. The minimum Gasteiger partial charge on any atom is -0.382 e. The third kappa shape index (κ3) is 5.09. The molecular weight excluding hydrogens is 436 g/mol. The van der Waals surface area contributed by atoms with Gasteiger partial charge in [-0.15, -0.1) is 0 Å². The average molecular weight is 471 g/mol. The summed E-state index contributed by atoms with van der Waals surface area (Å²) in [7, 11) is 0. The maximum Gasteiger partial charge on any atom is 0.315 e. The van der Waals surface area contributed by atoms with Gasteiger partial charge in [-0.2, -0.15) is 0 Å². The second kappa shape index (κ2) is 10.3. The van der Waals surface area contributed by atoms with Crippen LogP contribution in [0.4, 0.5) is 10.6 Å². The molecule has 7 heteroatoms. The van der Waals surface area contributed by atoms with Gasteiger partial charge in [0.1, 0.15) is 11.3 Å². The number of rotatable bonds is 10. The molecule has 2 aromatic carbocycles. The van der Waals surface area contributed by atoms with Crippen LogP contribution in [0.3, 0.4) is 0 Å². The number of aryl methyl sites for hydroxylation is 2. The van der Waals surface area contributed by atoms with Gasteiger partial charge < -0.3 is 20.9 Å². The normalized spacial score (nSPS) is 17.1. The molecule has 0 bridgehead atoms. The highest BCUT2D eigenvalue weighted by Crippen LogP contribution is 2.40. The highest BCUT2D eigenvalue weighted by Gasteiger charge is 2.39. The van der Waals surface area contributed by atoms with Crippen molar-refractivity contribution in [1.82, 2.24) is 25.2 Å². The molecule has 1 aliphatic rings. The lowest BCUT2D eigenvalue weighted by molar-refractivity contribution is 0.240. The van der Waals surface area contributed by atoms with Gasteiger partial charge in [0.05, 0.1) is 11.0 Å². The number of benzene rings is 2. The van der Waals surface area contributed by atoms with Gasteiger partial charge in [0.25, 0.3) is 0 Å². The Bertz CT molecular complexity index is 1320. The molecule has 0 spiro atoms. The molecule has 1 aliphatic carbocycles. The highest BCUT2D eigenvalue weighted by atomic mass is 16.2. The van der Waals surface area contributed by atoms with Crippen LogP contribution in [-0.4, -0.2) is 33.2 Å². The SMILES string of the molecule is CCCCc1nc2c(N)nc3ccccc3c2n1CCCCNC(=O)N[C@@H]1C[C@H]1c1ccccc1. The summed E-state index contributed by atoms with van der Waals surface area (Å²) in [4.78, 5) is 21.8. The van der Waals surface area contributed by atoms with Crippen molar-refractivity contribution in [3.63, 3.8) is 0 Å². The summed E-state index contributed by atoms with van der Waals surface area (Å²) in [6.45, 7) is 3.68. The van der Waals surface area contributed by atoms with Crippen molar-refractivity contribution in [2.45, 2.75) is 64.0 Å². The Morgan fingerprint density at radius 1 is 1.06 bits per heavy atom. The largest absolute Gasteiger partial charge is 0.382 e. The van der Waals surface area contributed by atoms with E-state index in [2.05, 4.69) is 57.4 Å². The number of hydrogen-bond acceptors (Lipinski definition) is 4. The van der Waals surface area contributed by atoms with Gasteiger partial charge in [0, 0.05) is 36.9 Å². The summed E-state index contributed by atoms with van der Waals surface area (Å²) in [6.07, 6.45) is 5.97. The van der Waals surface area contributed by atoms with Crippen molar-refractivity contribution in [3.05, 3.63) is 66.0 Å². The number of imidazole rings is 1. The van der Waals surface area contributed by atoms with Gasteiger partial charge >= 0.3 is 6.03 Å². The molecule has 2 amide bonds. The third-order valence-corrected chi connectivity index (χ3v) is 6.87. The minimum absolute atomic E-state index is 0.0741. The van der Waals surface area contributed by atoms with E-state index in [0.29, 0.717) is 18.3 Å². The summed E-state index contributed by atoms with van der Waals surface area (Å²) in [5.74, 6) is 2.00. The number of nitrogens with one attached hydrogen (secondary N) is 2. The molecule has 0 radical (unpaired) electrons. The molecule has 0 saturated heterocycles. The molecule has 0 aliphatic heterocycles. The van der Waals surface area contributed by atoms with Crippen molar-refractivity contribution in [2.24, 2.45) is 0 Å². The van der Waals surface area contributed by atoms with Crippen LogP contribution in [0.15, 0.2) is 54.6 Å². The summed E-state index contributed by atoms with van der Waals surface area (Å²) in [5.41, 5.74) is 10.4. The van der Waals surface area contributed by atoms with Crippen LogP contribution in [0.25, 0.3) is 21.9 Å². The minimum atomic E-state index is -0.0741. The summed E-state index contributed by atoms with van der Waals surface area (Å²) in [5, 5.41) is 7.21. The van der Waals surface area contributed by atoms with Gasteiger partial charge in [-0.05, 0) is 37.3 Å². The molecule has 35 heavy (non-hydrogen) atoms. The van der Waals surface area contributed by atoms with Crippen LogP contribution in [-0.2, 0) is 13.0 Å². The molecule has 182 valence electrons. The maximum atomic E-state index is 12.3. The highest BCUT2D eigenvalue weighted by molar-refractivity contribution is 6.06. The van der Waals surface area contributed by atoms with E-state index in [1.54, 1.807) is 0 Å². The van der Waals surface area contributed by atoms with Gasteiger partial charge in [0.15, 0.2) is 5.82 Å². The zero-order chi connectivity index (χ0) is 24.2. The monoisotopic (exact) mass is 470 g/mol. The zero-order valence-corrected chi connectivity index (χ0v) is 20.3. The predicted molar refractivity (Wildman–Crippen MR) is 141 cm³/mol. The number of nitrogen functional groups attached to an aromatic ring is 1. The van der Waals surface area contributed by atoms with Crippen LogP contribution in [0.1, 0.15) is 56.3 Å². The fraction of sp³-hybridized carbons (Fsp3) is 0.393. The first-order valence-corrected chi connectivity index (χ1v) is 12.8. The quantitative estimate of drug-likeness (QED) is 0.279. The van der Waals surface area contributed by atoms with Crippen LogP contribution in [0.5, 0.6) is 0 Å². The number of urea groups is 1. The molecule has 5 rings (SSSR count). The second-order valence-electron chi connectivity index (χ2n) is 9.46. The van der Waals surface area contributed by atoms with Crippen LogP contribution in [0.2, 0.25) is 0 Å². The van der Waals surface area contributed by atoms with Crippen LogP contribution >= 0.6 is 0 Å². The molecule has 2 heterocycles. The summed E-state index contributed by atoms with van der Waals surface area (Å²) < 4.78 is 2.32. The molecule has 2 atom stereocenters. The molecular formula is C28H34N6O. The third-order valence-electron chi connectivity index (χ3n) is 6.87. The van der Waals surface area contributed by atoms with Gasteiger partial charge in [-0.25, -0.2) is 14.8 Å². The topological polar surface area (TPSA) is 97.9 Å². The molecule has 1 saturated carbocycles. The maximum absolute atomic E-state index is 12.3. The van der Waals surface area contributed by atoms with Crippen LogP contribution in [0, 0.1) is 0 Å². The molecule has 4 aromatic rings. The Kier molecular flexibility index (Phi) is 6.84. The van der Waals surface area contributed by atoms with E-state index in [1.807, 2.05) is 24.3 Å². The first-order chi connectivity index (χ1) is 17.2. The fourth-order valence-electron chi connectivity index (χ4n) is 4.91. The second-order valence-corrected chi connectivity index (χ2v) is 9.46. The van der Waals surface area contributed by atoms with Gasteiger partial charge in [-0.1, -0.05) is 61.9 Å². The first-order valence-electron chi connectivity index (χ1n) is 12.8. The zero-order valence-electron chi connectivity index (χ0n) is 20.3. The number of carbonyl (C=O) groups is 1. The van der Waals surface area contributed by atoms with E-state index in [9.17, 15) is 4.79 Å². The number of unbranched alkanes of at least 4 members (excludes halogenated alkanes) is 2. The number of para-hydroxylation sites is 1. The number of carbonyl (C=O) groups excluding carboxylic acids is 1. The smallest absolute Gasteiger partial charge is 0.315 e. The van der Waals surface area contributed by atoms with Crippen molar-refractivity contribution in [1.29, 1.82) is 0 Å². The standard InChI is InChI=1S/C28H34N6O/c1-2-3-15-24-33-25-26(20-13-7-8-14-22(20)31-27(25)29)34(24)17-10-9-16-30-28(35)32-23-18-21(23)19-11-5-4-6-12-19/h4-8,11-14,21,23H,2-3,9-10,15-18H2,1H3,(H2,29,31)(H2,30,32,35)/t21-,23+/m0/s1. The first kappa shape index (κ1) is 23.1. The molecule has 4 N–H and O–H groups in total. The van der Waals surface area contributed by atoms with E-state index < -0.39 is 0 Å². The van der Waals surface area contributed by atoms with E-state index in [4.69, 9.17) is 10.7 Å². The molecule has 2 aromatic heterocycles. The van der Waals surface area contributed by atoms with E-state index >= 15 is 0 Å². The lowest BCUT2D eigenvalue weighted by Gasteiger charge is -2.12. The Balaban J connectivity index is 1.19. The molecule has 7 nitrogen and oxygen atoms in total. The Morgan fingerprint density at radius 2 is 1.86 bits per heavy atom. The van der Waals surface area contributed by atoms with Crippen molar-refractivity contribution >= 4 is 33.8 Å². The van der Waals surface area contributed by atoms with E-state index in [-0.39, 0.29) is 12.1 Å². The summed E-state index contributed by atoms with van der Waals surface area (Å²) in [6, 6.07) is 18.7. The number of nitrogens with zero attached hydrogens (tertiary/aromatic N) is 3. The molecule has 0 unspecified atom stereocenters. The van der Waals surface area contributed by atoms with Crippen molar-refractivity contribution in [3.8, 4) is 0 Å². The molecule has 1 fully saturated rings. The van der Waals surface area contributed by atoms with Gasteiger partial charge in [0.2, 0.25) is 0 Å². The Labute approximate surface area is 206 Å². The number of fused-ring (bicyclic) bond motifs is 3. The lowest BCUT2D eigenvalue weighted by atomic mass is 10.1. The predicted octanol–water partition coefficient (Wildman–Crippen LogP) is 5.14. The Morgan fingerprint density at radius 3 is 2.69 bits per heavy atom. The average Bonchev–Trinajstić information content (AvgIpc) is 3.54. The van der Waals surface area contributed by atoms with Crippen LogP contribution < -0.4 is 16.4 Å². The lowest BCUT2D eigenvalue weighted by Crippen LogP contribution is -2.37. The fourth-order valence-corrected chi connectivity index (χ4v) is 4.91.